The summed E-state index contributed by atoms with van der Waals surface area (Å²) in [5.74, 6) is 3.00. The number of benzene rings is 2. The van der Waals surface area contributed by atoms with E-state index in [1.54, 1.807) is 7.11 Å². The Morgan fingerprint density at radius 3 is 2.55 bits per heavy atom. The first-order chi connectivity index (χ1) is 13.7. The fourth-order valence-electron chi connectivity index (χ4n) is 3.74. The van der Waals surface area contributed by atoms with Crippen molar-refractivity contribution in [1.82, 2.24) is 5.32 Å². The van der Waals surface area contributed by atoms with Crippen molar-refractivity contribution in [2.45, 2.75) is 44.9 Å². The van der Waals surface area contributed by atoms with Crippen LogP contribution in [0.3, 0.4) is 0 Å². The molecule has 1 aliphatic carbocycles. The van der Waals surface area contributed by atoms with Gasteiger partial charge in [-0.3, -0.25) is 0 Å². The lowest BCUT2D eigenvalue weighted by molar-refractivity contribution is -0.00000677. The van der Waals surface area contributed by atoms with E-state index >= 15 is 0 Å². The van der Waals surface area contributed by atoms with Gasteiger partial charge in [0.1, 0.15) is 19.8 Å². The van der Waals surface area contributed by atoms with Gasteiger partial charge in [0.15, 0.2) is 23.0 Å². The second-order valence-electron chi connectivity index (χ2n) is 7.24. The highest BCUT2D eigenvalue weighted by atomic mass is 79.9. The third-order valence-corrected chi connectivity index (χ3v) is 5.82. The summed E-state index contributed by atoms with van der Waals surface area (Å²) in [5.41, 5.74) is 2.20. The quantitative estimate of drug-likeness (QED) is 0.651. The lowest BCUT2D eigenvalue weighted by Crippen LogP contribution is -3.00. The van der Waals surface area contributed by atoms with Crippen LogP contribution >= 0.6 is 15.9 Å². The third-order valence-electron chi connectivity index (χ3n) is 5.23. The monoisotopic (exact) mass is 482 g/mol. The number of nitrogens with one attached hydrogen (secondary N) is 1. The predicted octanol–water partition coefficient (Wildman–Crippen LogP) is 1.84. The van der Waals surface area contributed by atoms with Crippen LogP contribution in [0.4, 0.5) is 0 Å². The molecule has 0 unspecified atom stereocenters. The van der Waals surface area contributed by atoms with Crippen molar-refractivity contribution in [3.63, 3.8) is 0 Å². The number of methoxy groups -OCH3 is 1. The van der Waals surface area contributed by atoms with E-state index in [1.807, 2.05) is 24.3 Å². The molecule has 0 radical (unpaired) electrons. The molecule has 1 saturated carbocycles. The van der Waals surface area contributed by atoms with Crippen molar-refractivity contribution in [3.8, 4) is 23.0 Å². The summed E-state index contributed by atoms with van der Waals surface area (Å²) in [6, 6.07) is 10.7. The molecule has 1 aliphatic heterocycles. The molecule has 29 heavy (non-hydrogen) atoms. The van der Waals surface area contributed by atoms with Gasteiger partial charge in [-0.1, -0.05) is 18.9 Å². The van der Waals surface area contributed by atoms with Gasteiger partial charge in [0.25, 0.3) is 0 Å². The average Bonchev–Trinajstić information content (AvgIpc) is 3.24. The highest BCUT2D eigenvalue weighted by Gasteiger charge is 2.17. The summed E-state index contributed by atoms with van der Waals surface area (Å²) in [6.07, 6.45) is 5.21. The van der Waals surface area contributed by atoms with Crippen molar-refractivity contribution < 1.29 is 31.4 Å². The summed E-state index contributed by atoms with van der Waals surface area (Å²) in [6.45, 7) is 2.43. The maximum atomic E-state index is 6.08. The van der Waals surface area contributed by atoms with Gasteiger partial charge in [-0.05, 0) is 64.2 Å². The number of rotatable bonds is 7. The van der Waals surface area contributed by atoms with Gasteiger partial charge < -0.3 is 36.7 Å². The van der Waals surface area contributed by atoms with Crippen molar-refractivity contribution >= 4 is 15.9 Å². The van der Waals surface area contributed by atoms with Gasteiger partial charge in [-0.2, -0.15) is 0 Å². The minimum absolute atomic E-state index is 0. The molecule has 158 valence electrons. The van der Waals surface area contributed by atoms with Crippen LogP contribution in [0, 0.1) is 0 Å². The Morgan fingerprint density at radius 2 is 1.79 bits per heavy atom. The minimum Gasteiger partial charge on any atom is -1.00 e. The van der Waals surface area contributed by atoms with Crippen LogP contribution < -0.4 is 36.7 Å². The second-order valence-corrected chi connectivity index (χ2v) is 8.09. The molecule has 2 aliphatic rings. The Morgan fingerprint density at radius 1 is 1.03 bits per heavy atom. The van der Waals surface area contributed by atoms with Crippen molar-refractivity contribution in [3.05, 3.63) is 45.9 Å². The molecule has 0 atom stereocenters. The topological polar surface area (TPSA) is 49.0 Å². The molecule has 2 aromatic carbocycles. The Labute approximate surface area is 186 Å². The van der Waals surface area contributed by atoms with E-state index in [-0.39, 0.29) is 12.4 Å². The molecule has 5 nitrogen and oxygen atoms in total. The SMILES string of the molecule is COc1cc(CNC2CCCC2)cc(Br)c1OCc1ccc2c(c1)OCCO2.[Cl-]. The fraction of sp³-hybridized carbons (Fsp3) is 0.455. The number of halogens is 2. The lowest BCUT2D eigenvalue weighted by atomic mass is 10.1. The molecule has 1 fully saturated rings. The Kier molecular flexibility index (Phi) is 7.92. The highest BCUT2D eigenvalue weighted by molar-refractivity contribution is 9.10. The van der Waals surface area contributed by atoms with Crippen LogP contribution in [0.2, 0.25) is 0 Å². The van der Waals surface area contributed by atoms with Gasteiger partial charge in [0.05, 0.1) is 11.6 Å². The first kappa shape index (κ1) is 22.1. The van der Waals surface area contributed by atoms with E-state index in [0.29, 0.717) is 31.6 Å². The third kappa shape index (κ3) is 5.50. The molecule has 1 N–H and O–H groups in total. The molecular formula is C22H26BrClNO4-. The second kappa shape index (κ2) is 10.4. The van der Waals surface area contributed by atoms with Crippen LogP contribution in [0.15, 0.2) is 34.8 Å². The largest absolute Gasteiger partial charge is 1.00 e. The Bertz CT molecular complexity index is 827. The molecule has 7 heteroatoms. The molecule has 0 bridgehead atoms. The van der Waals surface area contributed by atoms with E-state index in [2.05, 4.69) is 27.3 Å². The van der Waals surface area contributed by atoms with E-state index < -0.39 is 0 Å². The van der Waals surface area contributed by atoms with E-state index in [9.17, 15) is 0 Å². The number of fused-ring (bicyclic) bond motifs is 1. The zero-order valence-corrected chi connectivity index (χ0v) is 18.9. The first-order valence-electron chi connectivity index (χ1n) is 9.84. The molecular weight excluding hydrogens is 458 g/mol. The maximum Gasteiger partial charge on any atom is 0.175 e. The summed E-state index contributed by atoms with van der Waals surface area (Å²) in [4.78, 5) is 0. The zero-order valence-electron chi connectivity index (χ0n) is 16.5. The van der Waals surface area contributed by atoms with Gasteiger partial charge in [0, 0.05) is 12.6 Å². The summed E-state index contributed by atoms with van der Waals surface area (Å²) < 4.78 is 23.8. The first-order valence-corrected chi connectivity index (χ1v) is 10.6. The smallest absolute Gasteiger partial charge is 0.175 e. The standard InChI is InChI=1S/C22H26BrNO4.ClH/c1-25-21-12-16(13-24-17-4-2-3-5-17)10-18(23)22(21)28-14-15-6-7-19-20(11-15)27-9-8-26-19;/h6-7,10-12,17,24H,2-5,8-9,13-14H2,1H3;1H/p-1. The molecule has 0 amide bonds. The van der Waals surface area contributed by atoms with Gasteiger partial charge >= 0.3 is 0 Å². The number of ether oxygens (including phenoxy) is 4. The molecule has 1 heterocycles. The van der Waals surface area contributed by atoms with Crippen molar-refractivity contribution in [2.75, 3.05) is 20.3 Å². The fourth-order valence-corrected chi connectivity index (χ4v) is 4.34. The number of hydrogen-bond donors (Lipinski definition) is 1. The molecule has 2 aromatic rings. The minimum atomic E-state index is 0. The average molecular weight is 484 g/mol. The molecule has 0 saturated heterocycles. The number of hydrogen-bond acceptors (Lipinski definition) is 5. The van der Waals surface area contributed by atoms with Gasteiger partial charge in [-0.15, -0.1) is 0 Å². The summed E-state index contributed by atoms with van der Waals surface area (Å²) >= 11 is 3.65. The zero-order chi connectivity index (χ0) is 19.3. The molecule has 4 rings (SSSR count). The Balaban J connectivity index is 0.00000240. The lowest BCUT2D eigenvalue weighted by Gasteiger charge is -2.19. The molecule has 0 aromatic heterocycles. The van der Waals surface area contributed by atoms with Crippen molar-refractivity contribution in [1.29, 1.82) is 0 Å². The van der Waals surface area contributed by atoms with Gasteiger partial charge in [0.2, 0.25) is 0 Å². The van der Waals surface area contributed by atoms with E-state index in [1.165, 1.54) is 31.2 Å². The normalized spacial score (nSPS) is 15.7. The van der Waals surface area contributed by atoms with Crippen LogP contribution in [-0.2, 0) is 13.2 Å². The summed E-state index contributed by atoms with van der Waals surface area (Å²) in [7, 11) is 1.67. The van der Waals surface area contributed by atoms with Crippen LogP contribution in [0.25, 0.3) is 0 Å². The van der Waals surface area contributed by atoms with Crippen molar-refractivity contribution in [2.24, 2.45) is 0 Å². The Hall–Kier alpha value is -1.63. The maximum absolute atomic E-state index is 6.08. The van der Waals surface area contributed by atoms with E-state index in [4.69, 9.17) is 18.9 Å². The molecule has 0 spiro atoms. The van der Waals surface area contributed by atoms with E-state index in [0.717, 1.165) is 33.8 Å². The highest BCUT2D eigenvalue weighted by Crippen LogP contribution is 2.38. The van der Waals surface area contributed by atoms with Gasteiger partial charge in [-0.25, -0.2) is 0 Å². The van der Waals surface area contributed by atoms with Crippen LogP contribution in [0.5, 0.6) is 23.0 Å². The van der Waals surface area contributed by atoms with Crippen LogP contribution in [-0.4, -0.2) is 26.4 Å². The predicted molar refractivity (Wildman–Crippen MR) is 112 cm³/mol. The summed E-state index contributed by atoms with van der Waals surface area (Å²) in [5, 5.41) is 3.64. The van der Waals surface area contributed by atoms with Crippen LogP contribution in [0.1, 0.15) is 36.8 Å².